The molecule has 2 heteroatoms. The Kier molecular flexibility index (Phi) is 3.68. The number of fused-ring (bicyclic) bond motifs is 1. The molecule has 0 radical (unpaired) electrons. The molecule has 3 rings (SSSR count). The molecule has 0 N–H and O–H groups in total. The number of benzene rings is 2. The summed E-state index contributed by atoms with van der Waals surface area (Å²) >= 11 is 0. The van der Waals surface area contributed by atoms with Gasteiger partial charge in [-0.1, -0.05) is 55.1 Å². The first-order valence-corrected chi connectivity index (χ1v) is 7.50. The van der Waals surface area contributed by atoms with Gasteiger partial charge in [-0.05, 0) is 25.0 Å². The molecule has 0 spiro atoms. The highest BCUT2D eigenvalue weighted by atomic mass is 16.1. The summed E-state index contributed by atoms with van der Waals surface area (Å²) in [7, 11) is 0. The highest BCUT2D eigenvalue weighted by Crippen LogP contribution is 2.36. The number of hydrogen-bond acceptors (Lipinski definition) is 2. The maximum Gasteiger partial charge on any atom is 0.159 e. The highest BCUT2D eigenvalue weighted by molar-refractivity contribution is 5.95. The first-order chi connectivity index (χ1) is 10.6. The van der Waals surface area contributed by atoms with Crippen molar-refractivity contribution in [3.63, 3.8) is 0 Å². The SMILES string of the molecule is C=C1c2ccccc2C(c2ccc(C(C)=O)cc2)=CN1CC. The summed E-state index contributed by atoms with van der Waals surface area (Å²) in [6.07, 6.45) is 2.15. The standard InChI is InChI=1S/C20H19NO/c1-4-21-13-20(17-11-9-16(10-12-17)15(3)22)19-8-6-5-7-18(19)14(21)2/h5-13H,2,4H2,1,3H3. The molecular formula is C20H19NO. The lowest BCUT2D eigenvalue weighted by atomic mass is 9.90. The zero-order valence-corrected chi connectivity index (χ0v) is 13.0. The molecule has 2 nitrogen and oxygen atoms in total. The van der Waals surface area contributed by atoms with Gasteiger partial charge in [0.2, 0.25) is 0 Å². The van der Waals surface area contributed by atoms with Gasteiger partial charge in [0.05, 0.1) is 0 Å². The molecule has 0 aromatic heterocycles. The molecule has 0 fully saturated rings. The van der Waals surface area contributed by atoms with Gasteiger partial charge in [-0.2, -0.15) is 0 Å². The number of ketones is 1. The van der Waals surface area contributed by atoms with E-state index in [2.05, 4.69) is 36.7 Å². The Labute approximate surface area is 131 Å². The van der Waals surface area contributed by atoms with E-state index in [1.54, 1.807) is 6.92 Å². The highest BCUT2D eigenvalue weighted by Gasteiger charge is 2.20. The largest absolute Gasteiger partial charge is 0.348 e. The van der Waals surface area contributed by atoms with E-state index in [4.69, 9.17) is 0 Å². The van der Waals surface area contributed by atoms with E-state index in [0.29, 0.717) is 0 Å². The van der Waals surface area contributed by atoms with E-state index in [9.17, 15) is 4.79 Å². The van der Waals surface area contributed by atoms with E-state index in [-0.39, 0.29) is 5.78 Å². The summed E-state index contributed by atoms with van der Waals surface area (Å²) < 4.78 is 0. The van der Waals surface area contributed by atoms with Crippen molar-refractivity contribution in [2.24, 2.45) is 0 Å². The Bertz CT molecular complexity index is 769. The fraction of sp³-hybridized carbons (Fsp3) is 0.150. The van der Waals surface area contributed by atoms with Crippen molar-refractivity contribution >= 4 is 17.1 Å². The van der Waals surface area contributed by atoms with E-state index < -0.39 is 0 Å². The van der Waals surface area contributed by atoms with Crippen LogP contribution >= 0.6 is 0 Å². The topological polar surface area (TPSA) is 20.3 Å². The van der Waals surface area contributed by atoms with Gasteiger partial charge >= 0.3 is 0 Å². The molecule has 0 aliphatic carbocycles. The lowest BCUT2D eigenvalue weighted by Crippen LogP contribution is -2.20. The summed E-state index contributed by atoms with van der Waals surface area (Å²) in [5.74, 6) is 0.0909. The number of hydrogen-bond donors (Lipinski definition) is 0. The Hall–Kier alpha value is -2.61. The third-order valence-corrected chi connectivity index (χ3v) is 4.10. The molecule has 1 aliphatic heterocycles. The minimum Gasteiger partial charge on any atom is -0.348 e. The third kappa shape index (κ3) is 2.37. The van der Waals surface area contributed by atoms with Crippen LogP contribution in [-0.2, 0) is 0 Å². The minimum atomic E-state index is 0.0909. The molecule has 110 valence electrons. The molecule has 2 aromatic carbocycles. The predicted octanol–water partition coefficient (Wildman–Crippen LogP) is 4.58. The van der Waals surface area contributed by atoms with Gasteiger partial charge in [-0.3, -0.25) is 4.79 Å². The quantitative estimate of drug-likeness (QED) is 0.771. The Morgan fingerprint density at radius 1 is 1.05 bits per heavy atom. The Morgan fingerprint density at radius 2 is 1.68 bits per heavy atom. The second-order valence-electron chi connectivity index (χ2n) is 5.45. The molecular weight excluding hydrogens is 270 g/mol. The molecule has 0 saturated carbocycles. The average Bonchev–Trinajstić information content (AvgIpc) is 2.55. The monoisotopic (exact) mass is 289 g/mol. The molecule has 1 heterocycles. The van der Waals surface area contributed by atoms with Gasteiger partial charge in [0.1, 0.15) is 0 Å². The Morgan fingerprint density at radius 3 is 2.27 bits per heavy atom. The number of rotatable bonds is 3. The van der Waals surface area contributed by atoms with Crippen molar-refractivity contribution in [2.45, 2.75) is 13.8 Å². The summed E-state index contributed by atoms with van der Waals surface area (Å²) in [6.45, 7) is 8.79. The van der Waals surface area contributed by atoms with Crippen LogP contribution in [0.15, 0.2) is 61.3 Å². The van der Waals surface area contributed by atoms with E-state index in [1.807, 2.05) is 36.4 Å². The van der Waals surface area contributed by atoms with E-state index in [0.717, 1.165) is 28.9 Å². The number of carbonyl (C=O) groups is 1. The first kappa shape index (κ1) is 14.3. The smallest absolute Gasteiger partial charge is 0.159 e. The van der Waals surface area contributed by atoms with Crippen molar-refractivity contribution in [3.05, 3.63) is 83.6 Å². The molecule has 0 amide bonds. The predicted molar refractivity (Wildman–Crippen MR) is 91.4 cm³/mol. The molecule has 2 aromatic rings. The van der Waals surface area contributed by atoms with Crippen molar-refractivity contribution < 1.29 is 4.79 Å². The lowest BCUT2D eigenvalue weighted by Gasteiger charge is -2.30. The van der Waals surface area contributed by atoms with Gasteiger partial charge in [0, 0.05) is 35.1 Å². The second kappa shape index (κ2) is 5.64. The summed E-state index contributed by atoms with van der Waals surface area (Å²) in [5, 5.41) is 0. The second-order valence-corrected chi connectivity index (χ2v) is 5.45. The third-order valence-electron chi connectivity index (χ3n) is 4.10. The number of carbonyl (C=O) groups excluding carboxylic acids is 1. The molecule has 0 bridgehead atoms. The van der Waals surface area contributed by atoms with Crippen LogP contribution in [0.3, 0.4) is 0 Å². The van der Waals surface area contributed by atoms with Crippen LogP contribution in [0.2, 0.25) is 0 Å². The molecule has 0 saturated heterocycles. The van der Waals surface area contributed by atoms with Gasteiger partial charge in [0.25, 0.3) is 0 Å². The van der Waals surface area contributed by atoms with Crippen LogP contribution in [0.4, 0.5) is 0 Å². The van der Waals surface area contributed by atoms with Crippen LogP contribution in [0, 0.1) is 0 Å². The van der Waals surface area contributed by atoms with Crippen LogP contribution in [0.25, 0.3) is 11.3 Å². The van der Waals surface area contributed by atoms with Gasteiger partial charge < -0.3 is 4.90 Å². The molecule has 22 heavy (non-hydrogen) atoms. The molecule has 0 unspecified atom stereocenters. The summed E-state index contributed by atoms with van der Waals surface area (Å²) in [5.41, 5.74) is 6.40. The van der Waals surface area contributed by atoms with E-state index in [1.165, 1.54) is 11.1 Å². The van der Waals surface area contributed by atoms with Crippen molar-refractivity contribution in [2.75, 3.05) is 6.54 Å². The zero-order chi connectivity index (χ0) is 15.7. The maximum atomic E-state index is 11.4. The van der Waals surface area contributed by atoms with Crippen LogP contribution in [0.5, 0.6) is 0 Å². The fourth-order valence-electron chi connectivity index (χ4n) is 2.82. The fourth-order valence-corrected chi connectivity index (χ4v) is 2.82. The molecule has 1 aliphatic rings. The zero-order valence-electron chi connectivity index (χ0n) is 13.0. The summed E-state index contributed by atoms with van der Waals surface area (Å²) in [4.78, 5) is 13.6. The van der Waals surface area contributed by atoms with Crippen molar-refractivity contribution in [3.8, 4) is 0 Å². The maximum absolute atomic E-state index is 11.4. The average molecular weight is 289 g/mol. The van der Waals surface area contributed by atoms with E-state index >= 15 is 0 Å². The number of Topliss-reactive ketones (excluding diaryl/α,β-unsaturated/α-hetero) is 1. The number of nitrogens with zero attached hydrogens (tertiary/aromatic N) is 1. The summed E-state index contributed by atoms with van der Waals surface area (Å²) in [6, 6.07) is 16.1. The van der Waals surface area contributed by atoms with Crippen molar-refractivity contribution in [1.82, 2.24) is 4.90 Å². The van der Waals surface area contributed by atoms with Gasteiger partial charge in [-0.25, -0.2) is 0 Å². The normalized spacial score (nSPS) is 13.6. The first-order valence-electron chi connectivity index (χ1n) is 7.50. The van der Waals surface area contributed by atoms with Gasteiger partial charge in [-0.15, -0.1) is 0 Å². The Balaban J connectivity index is 2.12. The van der Waals surface area contributed by atoms with Crippen LogP contribution < -0.4 is 0 Å². The lowest BCUT2D eigenvalue weighted by molar-refractivity contribution is 0.101. The minimum absolute atomic E-state index is 0.0909. The van der Waals surface area contributed by atoms with Crippen LogP contribution in [0.1, 0.15) is 40.9 Å². The van der Waals surface area contributed by atoms with Gasteiger partial charge in [0.15, 0.2) is 5.78 Å². The van der Waals surface area contributed by atoms with Crippen LogP contribution in [-0.4, -0.2) is 17.2 Å². The van der Waals surface area contributed by atoms with Crippen molar-refractivity contribution in [1.29, 1.82) is 0 Å². The molecule has 0 atom stereocenters.